The lowest BCUT2D eigenvalue weighted by Crippen LogP contribution is -2.37. The molecule has 0 bridgehead atoms. The molecule has 1 aromatic heterocycles. The van der Waals surface area contributed by atoms with Crippen LogP contribution >= 0.6 is 0 Å². The Hall–Kier alpha value is -2.86. The molecule has 174 valence electrons. The molecule has 1 fully saturated rings. The number of aryl methyl sites for hydroxylation is 1. The van der Waals surface area contributed by atoms with E-state index in [9.17, 15) is 4.79 Å². The van der Waals surface area contributed by atoms with Crippen LogP contribution in [0.25, 0.3) is 11.0 Å². The fourth-order valence-corrected chi connectivity index (χ4v) is 5.16. The molecule has 5 rings (SSSR count). The number of benzene rings is 2. The summed E-state index contributed by atoms with van der Waals surface area (Å²) in [6, 6.07) is 12.3. The van der Waals surface area contributed by atoms with Crippen LogP contribution in [0.2, 0.25) is 0 Å². The van der Waals surface area contributed by atoms with E-state index in [0.717, 1.165) is 91.9 Å². The van der Waals surface area contributed by atoms with Crippen LogP contribution in [0.15, 0.2) is 40.9 Å². The zero-order valence-corrected chi connectivity index (χ0v) is 19.7. The minimum absolute atomic E-state index is 0.127. The zero-order valence-electron chi connectivity index (χ0n) is 19.7. The molecule has 0 aliphatic carbocycles. The number of carbonyl (C=O) groups is 1. The van der Waals surface area contributed by atoms with Crippen molar-refractivity contribution in [2.45, 2.75) is 45.4 Å². The third-order valence-corrected chi connectivity index (χ3v) is 7.15. The van der Waals surface area contributed by atoms with E-state index in [1.54, 1.807) is 0 Å². The summed E-state index contributed by atoms with van der Waals surface area (Å²) >= 11 is 0. The van der Waals surface area contributed by atoms with Gasteiger partial charge in [0.1, 0.15) is 5.75 Å². The highest BCUT2D eigenvalue weighted by Crippen LogP contribution is 2.33. The molecule has 0 radical (unpaired) electrons. The van der Waals surface area contributed by atoms with Crippen molar-refractivity contribution < 1.29 is 14.1 Å². The number of hydrogen-bond acceptors (Lipinski definition) is 5. The number of likely N-dealkylation sites (N-methyl/N-ethyl adjacent to an activating group) is 1. The molecular formula is C27H33N3O3. The van der Waals surface area contributed by atoms with E-state index < -0.39 is 0 Å². The largest absolute Gasteiger partial charge is 0.494 e. The number of aromatic nitrogens is 1. The van der Waals surface area contributed by atoms with Crippen LogP contribution in [0, 0.1) is 6.92 Å². The number of fused-ring (bicyclic) bond motifs is 2. The van der Waals surface area contributed by atoms with Crippen LogP contribution < -0.4 is 4.74 Å². The number of carbonyl (C=O) groups excluding carboxylic acids is 1. The second kappa shape index (κ2) is 9.56. The second-order valence-electron chi connectivity index (χ2n) is 9.34. The van der Waals surface area contributed by atoms with Crippen molar-refractivity contribution >= 4 is 16.9 Å². The number of nitrogens with zero attached hydrogens (tertiary/aromatic N) is 3. The Morgan fingerprint density at radius 2 is 1.97 bits per heavy atom. The lowest BCUT2D eigenvalue weighted by atomic mass is 9.91. The fourth-order valence-electron chi connectivity index (χ4n) is 5.16. The topological polar surface area (TPSA) is 58.8 Å². The van der Waals surface area contributed by atoms with Gasteiger partial charge in [0.15, 0.2) is 5.58 Å². The number of amides is 1. The summed E-state index contributed by atoms with van der Waals surface area (Å²) in [6.07, 6.45) is 4.12. The first-order valence-electron chi connectivity index (χ1n) is 12.3. The number of likely N-dealkylation sites (tertiary alicyclic amines) is 1. The minimum atomic E-state index is 0.127. The summed E-state index contributed by atoms with van der Waals surface area (Å²) in [4.78, 5) is 17.0. The van der Waals surface area contributed by atoms with Crippen LogP contribution in [-0.2, 0) is 6.42 Å². The molecule has 2 aliphatic rings. The highest BCUT2D eigenvalue weighted by molar-refractivity contribution is 5.97. The number of piperidine rings is 1. The predicted octanol–water partition coefficient (Wildman–Crippen LogP) is 4.80. The quantitative estimate of drug-likeness (QED) is 0.487. The normalized spacial score (nSPS) is 17.5. The zero-order chi connectivity index (χ0) is 22.8. The minimum Gasteiger partial charge on any atom is -0.494 e. The first-order valence-corrected chi connectivity index (χ1v) is 12.3. The Bertz CT molecular complexity index is 1130. The lowest BCUT2D eigenvalue weighted by Gasteiger charge is -2.31. The van der Waals surface area contributed by atoms with Gasteiger partial charge in [0.05, 0.1) is 12.3 Å². The highest BCUT2D eigenvalue weighted by Gasteiger charge is 2.25. The van der Waals surface area contributed by atoms with Crippen molar-refractivity contribution in [2.24, 2.45) is 0 Å². The molecule has 0 unspecified atom stereocenters. The van der Waals surface area contributed by atoms with Gasteiger partial charge in [-0.2, -0.15) is 0 Å². The Kier molecular flexibility index (Phi) is 6.36. The molecule has 2 aromatic carbocycles. The summed E-state index contributed by atoms with van der Waals surface area (Å²) in [6.45, 7) is 9.51. The van der Waals surface area contributed by atoms with E-state index in [0.29, 0.717) is 12.5 Å². The molecule has 0 saturated carbocycles. The molecule has 0 atom stereocenters. The van der Waals surface area contributed by atoms with Gasteiger partial charge < -0.3 is 19.1 Å². The van der Waals surface area contributed by atoms with Gasteiger partial charge in [0.2, 0.25) is 0 Å². The Morgan fingerprint density at radius 3 is 2.79 bits per heavy atom. The van der Waals surface area contributed by atoms with Crippen molar-refractivity contribution in [3.63, 3.8) is 0 Å². The lowest BCUT2D eigenvalue weighted by molar-refractivity contribution is 0.0748. The molecule has 0 N–H and O–H groups in total. The maximum atomic E-state index is 12.6. The van der Waals surface area contributed by atoms with Crippen molar-refractivity contribution in [3.05, 3.63) is 58.8 Å². The molecule has 2 aliphatic heterocycles. The summed E-state index contributed by atoms with van der Waals surface area (Å²) in [5.74, 6) is 1.39. The Labute approximate surface area is 195 Å². The molecule has 1 saturated heterocycles. The van der Waals surface area contributed by atoms with E-state index in [-0.39, 0.29) is 5.91 Å². The van der Waals surface area contributed by atoms with Crippen molar-refractivity contribution in [3.8, 4) is 5.75 Å². The summed E-state index contributed by atoms with van der Waals surface area (Å²) < 4.78 is 11.6. The molecular weight excluding hydrogens is 414 g/mol. The van der Waals surface area contributed by atoms with Crippen molar-refractivity contribution in [1.29, 1.82) is 0 Å². The van der Waals surface area contributed by atoms with E-state index >= 15 is 0 Å². The van der Waals surface area contributed by atoms with Gasteiger partial charge in [-0.05, 0) is 88.0 Å². The standard InChI is InChI=1S/C27H33N3O3/c1-3-30-15-11-20-6-7-22(18-24(20)27(30)31)32-16-4-12-29-13-9-21(10-14-29)26-23-8-5-19(2)17-25(23)33-28-26/h5-8,17-18,21H,3-4,9-16H2,1-2H3. The smallest absolute Gasteiger partial charge is 0.254 e. The summed E-state index contributed by atoms with van der Waals surface area (Å²) in [5.41, 5.74) is 5.16. The maximum absolute atomic E-state index is 12.6. The maximum Gasteiger partial charge on any atom is 0.254 e. The van der Waals surface area contributed by atoms with Crippen LogP contribution in [-0.4, -0.2) is 60.2 Å². The number of ether oxygens (including phenoxy) is 1. The molecule has 3 heterocycles. The van der Waals surface area contributed by atoms with Gasteiger partial charge in [-0.15, -0.1) is 0 Å². The van der Waals surface area contributed by atoms with E-state index in [1.165, 1.54) is 5.56 Å². The van der Waals surface area contributed by atoms with E-state index in [4.69, 9.17) is 9.26 Å². The van der Waals surface area contributed by atoms with Gasteiger partial charge in [-0.3, -0.25) is 4.79 Å². The second-order valence-corrected chi connectivity index (χ2v) is 9.34. The molecule has 6 heteroatoms. The number of hydrogen-bond donors (Lipinski definition) is 0. The van der Waals surface area contributed by atoms with Gasteiger partial charge in [0, 0.05) is 36.5 Å². The van der Waals surface area contributed by atoms with Gasteiger partial charge >= 0.3 is 0 Å². The fraction of sp³-hybridized carbons (Fsp3) is 0.481. The molecule has 3 aromatic rings. The van der Waals surface area contributed by atoms with Crippen LogP contribution in [0.5, 0.6) is 5.75 Å². The van der Waals surface area contributed by atoms with Gasteiger partial charge in [0.25, 0.3) is 5.91 Å². The van der Waals surface area contributed by atoms with Crippen molar-refractivity contribution in [1.82, 2.24) is 15.0 Å². The Morgan fingerprint density at radius 1 is 1.12 bits per heavy atom. The molecule has 0 spiro atoms. The monoisotopic (exact) mass is 447 g/mol. The first-order chi connectivity index (χ1) is 16.1. The third kappa shape index (κ3) is 4.62. The van der Waals surface area contributed by atoms with Crippen LogP contribution in [0.3, 0.4) is 0 Å². The molecule has 6 nitrogen and oxygen atoms in total. The average molecular weight is 448 g/mol. The van der Waals surface area contributed by atoms with Gasteiger partial charge in [-0.1, -0.05) is 17.3 Å². The van der Waals surface area contributed by atoms with E-state index in [1.807, 2.05) is 24.0 Å². The number of rotatable bonds is 7. The summed E-state index contributed by atoms with van der Waals surface area (Å²) in [5, 5.41) is 5.56. The molecule has 1 amide bonds. The SMILES string of the molecule is CCN1CCc2ccc(OCCCN3CCC(c4noc5cc(C)ccc45)CC3)cc2C1=O. The Balaban J connectivity index is 1.09. The molecule has 33 heavy (non-hydrogen) atoms. The van der Waals surface area contributed by atoms with Crippen molar-refractivity contribution in [2.75, 3.05) is 39.3 Å². The van der Waals surface area contributed by atoms with Crippen LogP contribution in [0.1, 0.15) is 59.3 Å². The van der Waals surface area contributed by atoms with E-state index in [2.05, 4.69) is 41.2 Å². The third-order valence-electron chi connectivity index (χ3n) is 7.15. The van der Waals surface area contributed by atoms with Gasteiger partial charge in [-0.25, -0.2) is 0 Å². The average Bonchev–Trinajstić information content (AvgIpc) is 3.26. The highest BCUT2D eigenvalue weighted by atomic mass is 16.5. The first kappa shape index (κ1) is 22.0. The summed E-state index contributed by atoms with van der Waals surface area (Å²) in [7, 11) is 0. The van der Waals surface area contributed by atoms with Crippen LogP contribution in [0.4, 0.5) is 0 Å². The predicted molar refractivity (Wildman–Crippen MR) is 129 cm³/mol.